The summed E-state index contributed by atoms with van der Waals surface area (Å²) in [6, 6.07) is 11.5. The molecule has 0 aliphatic heterocycles. The van der Waals surface area contributed by atoms with Crippen molar-refractivity contribution >= 4 is 23.2 Å². The van der Waals surface area contributed by atoms with Crippen LogP contribution in [0.4, 0.5) is 5.69 Å². The predicted octanol–water partition coefficient (Wildman–Crippen LogP) is 4.12. The highest BCUT2D eigenvalue weighted by Crippen LogP contribution is 2.15. The number of benzene rings is 1. The number of nitrogens with one attached hydrogen (secondary N) is 1. The van der Waals surface area contributed by atoms with Crippen LogP contribution >= 0.6 is 11.6 Å². The van der Waals surface area contributed by atoms with E-state index in [9.17, 15) is 4.79 Å². The number of aryl methyl sites for hydroxylation is 3. The monoisotopic (exact) mass is 302 g/mol. The number of hydrogen-bond acceptors (Lipinski definition) is 2. The minimum atomic E-state index is -0.130. The fraction of sp³-hybridized carbons (Fsp3) is 0.294. The lowest BCUT2D eigenvalue weighted by atomic mass is 10.1. The molecule has 0 fully saturated rings. The van der Waals surface area contributed by atoms with Crippen molar-refractivity contribution in [3.63, 3.8) is 0 Å². The van der Waals surface area contributed by atoms with E-state index in [1.54, 1.807) is 0 Å². The second kappa shape index (κ2) is 7.23. The van der Waals surface area contributed by atoms with Crippen molar-refractivity contribution in [2.75, 3.05) is 11.2 Å². The van der Waals surface area contributed by atoms with Crippen molar-refractivity contribution in [2.24, 2.45) is 0 Å². The molecular weight excluding hydrogens is 284 g/mol. The van der Waals surface area contributed by atoms with Gasteiger partial charge in [0, 0.05) is 17.3 Å². The molecule has 1 N–H and O–H groups in total. The zero-order chi connectivity index (χ0) is 15.2. The Labute approximate surface area is 130 Å². The van der Waals surface area contributed by atoms with Crippen LogP contribution in [0, 0.1) is 13.8 Å². The molecule has 0 spiro atoms. The van der Waals surface area contributed by atoms with Crippen molar-refractivity contribution in [1.29, 1.82) is 0 Å². The average Bonchev–Trinajstić information content (AvgIpc) is 2.45. The zero-order valence-corrected chi connectivity index (χ0v) is 13.1. The molecule has 0 atom stereocenters. The first-order valence-electron chi connectivity index (χ1n) is 7.00. The maximum Gasteiger partial charge on any atom is 0.257 e. The van der Waals surface area contributed by atoms with Gasteiger partial charge in [0.15, 0.2) is 0 Å². The van der Waals surface area contributed by atoms with E-state index in [1.807, 2.05) is 50.2 Å². The van der Waals surface area contributed by atoms with E-state index in [0.717, 1.165) is 29.9 Å². The number of rotatable bonds is 5. The Kier molecular flexibility index (Phi) is 5.34. The first-order chi connectivity index (χ1) is 10.1. The summed E-state index contributed by atoms with van der Waals surface area (Å²) in [5, 5.41) is 2.92. The molecule has 1 aromatic carbocycles. The summed E-state index contributed by atoms with van der Waals surface area (Å²) < 4.78 is 0. The number of aromatic nitrogens is 1. The number of carbonyl (C=O) groups excluding carboxylic acids is 1. The lowest BCUT2D eigenvalue weighted by Gasteiger charge is -2.09. The van der Waals surface area contributed by atoms with Gasteiger partial charge in [-0.25, -0.2) is 0 Å². The van der Waals surface area contributed by atoms with E-state index < -0.39 is 0 Å². The summed E-state index contributed by atoms with van der Waals surface area (Å²) in [6.07, 6.45) is 1.85. The number of pyridine rings is 1. The van der Waals surface area contributed by atoms with Gasteiger partial charge in [0.2, 0.25) is 0 Å². The second-order valence-electron chi connectivity index (χ2n) is 5.03. The van der Waals surface area contributed by atoms with Crippen LogP contribution in [-0.2, 0) is 6.42 Å². The molecule has 2 rings (SSSR count). The highest BCUT2D eigenvalue weighted by molar-refractivity contribution is 6.17. The van der Waals surface area contributed by atoms with Crippen LogP contribution < -0.4 is 5.32 Å². The molecule has 0 unspecified atom stereocenters. The van der Waals surface area contributed by atoms with E-state index in [4.69, 9.17) is 11.6 Å². The molecule has 3 nitrogen and oxygen atoms in total. The number of halogens is 1. The third kappa shape index (κ3) is 4.30. The van der Waals surface area contributed by atoms with Gasteiger partial charge in [-0.3, -0.25) is 9.78 Å². The maximum atomic E-state index is 12.3. The molecule has 1 heterocycles. The lowest BCUT2D eigenvalue weighted by Crippen LogP contribution is -2.14. The molecule has 110 valence electrons. The summed E-state index contributed by atoms with van der Waals surface area (Å²) in [5.41, 5.74) is 4.23. The van der Waals surface area contributed by atoms with Gasteiger partial charge < -0.3 is 5.32 Å². The molecular formula is C17H19ClN2O. The number of amides is 1. The van der Waals surface area contributed by atoms with Gasteiger partial charge in [-0.1, -0.05) is 12.1 Å². The summed E-state index contributed by atoms with van der Waals surface area (Å²) in [6.45, 7) is 3.76. The minimum Gasteiger partial charge on any atom is -0.322 e. The molecule has 1 amide bonds. The van der Waals surface area contributed by atoms with Crippen LogP contribution in [0.1, 0.15) is 33.7 Å². The van der Waals surface area contributed by atoms with Gasteiger partial charge in [-0.2, -0.15) is 0 Å². The maximum absolute atomic E-state index is 12.3. The van der Waals surface area contributed by atoms with E-state index in [1.165, 1.54) is 5.56 Å². The van der Waals surface area contributed by atoms with Gasteiger partial charge in [-0.05, 0) is 56.5 Å². The Hall–Kier alpha value is -1.87. The van der Waals surface area contributed by atoms with Crippen molar-refractivity contribution in [3.8, 4) is 0 Å². The van der Waals surface area contributed by atoms with Gasteiger partial charge in [0.1, 0.15) is 0 Å². The van der Waals surface area contributed by atoms with E-state index in [-0.39, 0.29) is 5.91 Å². The smallest absolute Gasteiger partial charge is 0.257 e. The first kappa shape index (κ1) is 15.5. The Bertz CT molecular complexity index is 640. The van der Waals surface area contributed by atoms with Crippen molar-refractivity contribution in [1.82, 2.24) is 4.98 Å². The third-order valence-corrected chi connectivity index (χ3v) is 3.52. The fourth-order valence-corrected chi connectivity index (χ4v) is 2.33. The summed E-state index contributed by atoms with van der Waals surface area (Å²) in [5.74, 6) is 0.514. The molecule has 21 heavy (non-hydrogen) atoms. The molecule has 0 aliphatic rings. The van der Waals surface area contributed by atoms with Crippen molar-refractivity contribution < 1.29 is 4.79 Å². The molecule has 0 saturated heterocycles. The SMILES string of the molecule is Cc1ccc(C(=O)Nc2cccc(CCCCl)c2)c(C)n1. The molecule has 0 bridgehead atoms. The minimum absolute atomic E-state index is 0.130. The summed E-state index contributed by atoms with van der Waals surface area (Å²) in [7, 11) is 0. The van der Waals surface area contributed by atoms with Crippen LogP contribution in [-0.4, -0.2) is 16.8 Å². The van der Waals surface area contributed by atoms with Crippen LogP contribution in [0.25, 0.3) is 0 Å². The molecule has 1 aromatic heterocycles. The van der Waals surface area contributed by atoms with Crippen LogP contribution in [0.15, 0.2) is 36.4 Å². The highest BCUT2D eigenvalue weighted by Gasteiger charge is 2.10. The number of carbonyl (C=O) groups is 1. The first-order valence-corrected chi connectivity index (χ1v) is 7.54. The van der Waals surface area contributed by atoms with Gasteiger partial charge >= 0.3 is 0 Å². The standard InChI is InChI=1S/C17H19ClN2O/c1-12-8-9-16(13(2)19-12)17(21)20-15-7-3-5-14(11-15)6-4-10-18/h3,5,7-9,11H,4,6,10H2,1-2H3,(H,20,21). The topological polar surface area (TPSA) is 42.0 Å². The van der Waals surface area contributed by atoms with Crippen LogP contribution in [0.3, 0.4) is 0 Å². The zero-order valence-electron chi connectivity index (χ0n) is 12.3. The third-order valence-electron chi connectivity index (χ3n) is 3.25. The molecule has 4 heteroatoms. The van der Waals surface area contributed by atoms with Gasteiger partial charge in [0.05, 0.1) is 11.3 Å². The molecule has 2 aromatic rings. The Balaban J connectivity index is 2.12. The lowest BCUT2D eigenvalue weighted by molar-refractivity contribution is 0.102. The normalized spacial score (nSPS) is 10.4. The van der Waals surface area contributed by atoms with E-state index >= 15 is 0 Å². The summed E-state index contributed by atoms with van der Waals surface area (Å²) >= 11 is 5.71. The van der Waals surface area contributed by atoms with Gasteiger partial charge in [-0.15, -0.1) is 11.6 Å². The Morgan fingerprint density at radius 3 is 2.76 bits per heavy atom. The number of alkyl halides is 1. The van der Waals surface area contributed by atoms with E-state index in [2.05, 4.69) is 10.3 Å². The Morgan fingerprint density at radius 1 is 1.24 bits per heavy atom. The van der Waals surface area contributed by atoms with Crippen molar-refractivity contribution in [2.45, 2.75) is 26.7 Å². The molecule has 0 radical (unpaired) electrons. The van der Waals surface area contributed by atoms with Crippen molar-refractivity contribution in [3.05, 3.63) is 58.9 Å². The molecule has 0 saturated carbocycles. The predicted molar refractivity (Wildman–Crippen MR) is 87.1 cm³/mol. The quantitative estimate of drug-likeness (QED) is 0.844. The highest BCUT2D eigenvalue weighted by atomic mass is 35.5. The second-order valence-corrected chi connectivity index (χ2v) is 5.41. The fourth-order valence-electron chi connectivity index (χ4n) is 2.20. The van der Waals surface area contributed by atoms with Crippen LogP contribution in [0.5, 0.6) is 0 Å². The summed E-state index contributed by atoms with van der Waals surface area (Å²) in [4.78, 5) is 16.6. The number of nitrogens with zero attached hydrogens (tertiary/aromatic N) is 1. The average molecular weight is 303 g/mol. The molecule has 0 aliphatic carbocycles. The van der Waals surface area contributed by atoms with Crippen LogP contribution in [0.2, 0.25) is 0 Å². The number of hydrogen-bond donors (Lipinski definition) is 1. The largest absolute Gasteiger partial charge is 0.322 e. The number of anilines is 1. The van der Waals surface area contributed by atoms with Gasteiger partial charge in [0.25, 0.3) is 5.91 Å². The van der Waals surface area contributed by atoms with E-state index in [0.29, 0.717) is 11.4 Å². The Morgan fingerprint density at radius 2 is 2.05 bits per heavy atom.